The van der Waals surface area contributed by atoms with Crippen molar-refractivity contribution in [3.63, 3.8) is 0 Å². The summed E-state index contributed by atoms with van der Waals surface area (Å²) in [5.74, 6) is 0.820. The van der Waals surface area contributed by atoms with Crippen molar-refractivity contribution in [3.05, 3.63) is 24.3 Å². The van der Waals surface area contributed by atoms with E-state index in [4.69, 9.17) is 0 Å². The fraction of sp³-hybridized carbons (Fsp3) is 0.692. The second-order valence-electron chi connectivity index (χ2n) is 4.94. The van der Waals surface area contributed by atoms with Crippen molar-refractivity contribution in [2.45, 2.75) is 25.8 Å². The second-order valence-corrected chi connectivity index (χ2v) is 4.94. The normalized spacial score (nSPS) is 18.4. The quantitative estimate of drug-likeness (QED) is 0.907. The molecule has 1 atom stereocenters. The molecule has 18 heavy (non-hydrogen) atoms. The fourth-order valence-corrected chi connectivity index (χ4v) is 2.38. The van der Waals surface area contributed by atoms with E-state index >= 15 is 0 Å². The molecule has 2 heterocycles. The number of aromatic nitrogens is 2. The molecule has 102 valence electrons. The van der Waals surface area contributed by atoms with Crippen LogP contribution in [0, 0.1) is 5.92 Å². The van der Waals surface area contributed by atoms with E-state index in [1.807, 2.05) is 6.20 Å². The van der Waals surface area contributed by atoms with E-state index in [9.17, 15) is 0 Å². The number of hydrogen-bond acceptors (Lipinski definition) is 4. The molecule has 1 saturated heterocycles. The summed E-state index contributed by atoms with van der Waals surface area (Å²) in [6, 6.07) is 0.346. The van der Waals surface area contributed by atoms with Crippen molar-refractivity contribution in [2.24, 2.45) is 5.92 Å². The Bertz CT molecular complexity index is 327. The lowest BCUT2D eigenvalue weighted by atomic mass is 9.97. The Morgan fingerprint density at radius 1 is 1.39 bits per heavy atom. The van der Waals surface area contributed by atoms with Crippen LogP contribution in [0.1, 0.15) is 31.5 Å². The zero-order valence-corrected chi connectivity index (χ0v) is 12.0. The van der Waals surface area contributed by atoms with Crippen LogP contribution in [0.4, 0.5) is 0 Å². The van der Waals surface area contributed by atoms with Crippen LogP contribution in [0.15, 0.2) is 18.6 Å². The van der Waals surface area contributed by atoms with Crippen molar-refractivity contribution >= 4 is 12.4 Å². The van der Waals surface area contributed by atoms with Gasteiger partial charge in [0.15, 0.2) is 0 Å². The molecule has 0 spiro atoms. The first-order valence-corrected chi connectivity index (χ1v) is 6.44. The largest absolute Gasteiger partial charge is 0.317 e. The molecule has 0 aromatic carbocycles. The standard InChI is InChI=1S/C13H22N4.ClH/c1-11(13-9-15-7-8-16-13)17(2)10-12-3-5-14-6-4-12;/h7-9,11-12,14H,3-6,10H2,1-2H3;1H. The van der Waals surface area contributed by atoms with Gasteiger partial charge < -0.3 is 5.32 Å². The highest BCUT2D eigenvalue weighted by Crippen LogP contribution is 2.20. The van der Waals surface area contributed by atoms with E-state index in [0.29, 0.717) is 6.04 Å². The van der Waals surface area contributed by atoms with E-state index in [1.54, 1.807) is 12.4 Å². The molecule has 2 rings (SSSR count). The summed E-state index contributed by atoms with van der Waals surface area (Å²) >= 11 is 0. The maximum Gasteiger partial charge on any atom is 0.0755 e. The maximum atomic E-state index is 4.38. The van der Waals surface area contributed by atoms with Crippen LogP contribution >= 0.6 is 12.4 Å². The van der Waals surface area contributed by atoms with Crippen LogP contribution in [-0.2, 0) is 0 Å². The van der Waals surface area contributed by atoms with Gasteiger partial charge in [-0.25, -0.2) is 0 Å². The van der Waals surface area contributed by atoms with Crippen molar-refractivity contribution in [1.82, 2.24) is 20.2 Å². The highest BCUT2D eigenvalue weighted by atomic mass is 35.5. The maximum absolute atomic E-state index is 4.38. The lowest BCUT2D eigenvalue weighted by Crippen LogP contribution is -2.35. The van der Waals surface area contributed by atoms with Crippen LogP contribution < -0.4 is 5.32 Å². The van der Waals surface area contributed by atoms with E-state index in [1.165, 1.54) is 12.8 Å². The molecule has 0 bridgehead atoms. The molecule has 0 saturated carbocycles. The van der Waals surface area contributed by atoms with Gasteiger partial charge in [0.2, 0.25) is 0 Å². The van der Waals surface area contributed by atoms with Gasteiger partial charge in [0, 0.05) is 25.1 Å². The van der Waals surface area contributed by atoms with Gasteiger partial charge in [0.25, 0.3) is 0 Å². The van der Waals surface area contributed by atoms with Gasteiger partial charge in [0.1, 0.15) is 0 Å². The third-order valence-electron chi connectivity index (χ3n) is 3.68. The van der Waals surface area contributed by atoms with Gasteiger partial charge >= 0.3 is 0 Å². The summed E-state index contributed by atoms with van der Waals surface area (Å²) in [7, 11) is 2.18. The molecule has 0 aliphatic carbocycles. The van der Waals surface area contributed by atoms with E-state index < -0.39 is 0 Å². The van der Waals surface area contributed by atoms with Crippen molar-refractivity contribution in [2.75, 3.05) is 26.7 Å². The Balaban J connectivity index is 0.00000162. The Labute approximate surface area is 116 Å². The minimum Gasteiger partial charge on any atom is -0.317 e. The first kappa shape index (κ1) is 15.3. The first-order chi connectivity index (χ1) is 8.27. The Morgan fingerprint density at radius 2 is 2.11 bits per heavy atom. The van der Waals surface area contributed by atoms with E-state index in [0.717, 1.165) is 31.2 Å². The Morgan fingerprint density at radius 3 is 2.72 bits per heavy atom. The van der Waals surface area contributed by atoms with Gasteiger partial charge in [-0.15, -0.1) is 12.4 Å². The SMILES string of the molecule is CC(c1cnccn1)N(C)CC1CCNCC1.Cl. The summed E-state index contributed by atoms with van der Waals surface area (Å²) in [4.78, 5) is 10.9. The number of rotatable bonds is 4. The average molecular weight is 271 g/mol. The molecule has 0 radical (unpaired) electrons. The van der Waals surface area contributed by atoms with Crippen LogP contribution in [-0.4, -0.2) is 41.5 Å². The van der Waals surface area contributed by atoms with Gasteiger partial charge in [-0.1, -0.05) is 0 Å². The van der Waals surface area contributed by atoms with E-state index in [-0.39, 0.29) is 12.4 Å². The molecule has 1 N–H and O–H groups in total. The summed E-state index contributed by atoms with van der Waals surface area (Å²) in [5, 5.41) is 3.41. The number of hydrogen-bond donors (Lipinski definition) is 1. The van der Waals surface area contributed by atoms with Gasteiger partial charge in [-0.3, -0.25) is 14.9 Å². The predicted molar refractivity (Wildman–Crippen MR) is 75.9 cm³/mol. The predicted octanol–water partition coefficient (Wildman–Crippen LogP) is 1.89. The minimum absolute atomic E-state index is 0. The van der Waals surface area contributed by atoms with Crippen LogP contribution in [0.25, 0.3) is 0 Å². The highest BCUT2D eigenvalue weighted by Gasteiger charge is 2.19. The fourth-order valence-electron chi connectivity index (χ4n) is 2.38. The molecular weight excluding hydrogens is 248 g/mol. The summed E-state index contributed by atoms with van der Waals surface area (Å²) in [6.07, 6.45) is 7.94. The van der Waals surface area contributed by atoms with Crippen LogP contribution in [0.3, 0.4) is 0 Å². The van der Waals surface area contributed by atoms with Crippen LogP contribution in [0.2, 0.25) is 0 Å². The molecular formula is C13H23ClN4. The number of halogens is 1. The molecule has 5 heteroatoms. The van der Waals surface area contributed by atoms with Crippen molar-refractivity contribution in [3.8, 4) is 0 Å². The van der Waals surface area contributed by atoms with Crippen LogP contribution in [0.5, 0.6) is 0 Å². The molecule has 1 aromatic rings. The second kappa shape index (κ2) is 7.67. The highest BCUT2D eigenvalue weighted by molar-refractivity contribution is 5.85. The zero-order valence-electron chi connectivity index (χ0n) is 11.2. The zero-order chi connectivity index (χ0) is 12.1. The first-order valence-electron chi connectivity index (χ1n) is 6.44. The lowest BCUT2D eigenvalue weighted by Gasteiger charge is -2.30. The van der Waals surface area contributed by atoms with Crippen molar-refractivity contribution < 1.29 is 0 Å². The number of piperidine rings is 1. The molecule has 1 aromatic heterocycles. The molecule has 1 unspecified atom stereocenters. The molecule has 1 aliphatic rings. The molecule has 0 amide bonds. The minimum atomic E-state index is 0. The average Bonchev–Trinajstić information content (AvgIpc) is 2.40. The van der Waals surface area contributed by atoms with Gasteiger partial charge in [-0.05, 0) is 45.8 Å². The molecule has 4 nitrogen and oxygen atoms in total. The van der Waals surface area contributed by atoms with Gasteiger partial charge in [-0.2, -0.15) is 0 Å². The molecule has 1 fully saturated rings. The third kappa shape index (κ3) is 4.19. The number of nitrogens with zero attached hydrogens (tertiary/aromatic N) is 3. The smallest absolute Gasteiger partial charge is 0.0755 e. The van der Waals surface area contributed by atoms with E-state index in [2.05, 4.69) is 34.2 Å². The topological polar surface area (TPSA) is 41.1 Å². The monoisotopic (exact) mass is 270 g/mol. The summed E-state index contributed by atoms with van der Waals surface area (Å²) in [5.41, 5.74) is 1.06. The summed E-state index contributed by atoms with van der Waals surface area (Å²) < 4.78 is 0. The third-order valence-corrected chi connectivity index (χ3v) is 3.68. The Kier molecular flexibility index (Phi) is 6.54. The Hall–Kier alpha value is -0.710. The number of nitrogens with one attached hydrogen (secondary N) is 1. The van der Waals surface area contributed by atoms with Crippen molar-refractivity contribution in [1.29, 1.82) is 0 Å². The molecule has 1 aliphatic heterocycles. The lowest BCUT2D eigenvalue weighted by molar-refractivity contribution is 0.194. The van der Waals surface area contributed by atoms with Gasteiger partial charge in [0.05, 0.1) is 11.7 Å². The summed E-state index contributed by atoms with van der Waals surface area (Å²) in [6.45, 7) is 5.68.